The van der Waals surface area contributed by atoms with Crippen molar-refractivity contribution in [3.63, 3.8) is 0 Å². The summed E-state index contributed by atoms with van der Waals surface area (Å²) in [5, 5.41) is 0. The first-order valence-electron chi connectivity index (χ1n) is 7.37. The zero-order valence-electron chi connectivity index (χ0n) is 11.9. The molecule has 1 saturated heterocycles. The lowest BCUT2D eigenvalue weighted by Crippen LogP contribution is -2.50. The second kappa shape index (κ2) is 5.85. The van der Waals surface area contributed by atoms with Crippen molar-refractivity contribution in [2.24, 2.45) is 11.7 Å². The Balaban J connectivity index is 1.56. The monoisotopic (exact) mass is 289 g/mol. The summed E-state index contributed by atoms with van der Waals surface area (Å²) < 4.78 is 12.9. The van der Waals surface area contributed by atoms with Crippen LogP contribution in [0.3, 0.4) is 0 Å². The van der Waals surface area contributed by atoms with E-state index in [-0.39, 0.29) is 23.7 Å². The van der Waals surface area contributed by atoms with E-state index in [0.29, 0.717) is 13.1 Å². The molecule has 1 heterocycles. The molecule has 0 aromatic heterocycles. The molecule has 0 radical (unpaired) electrons. The Morgan fingerprint density at radius 2 is 1.76 bits per heavy atom. The number of hydrogen-bond acceptors (Lipinski definition) is 3. The van der Waals surface area contributed by atoms with Gasteiger partial charge in [-0.2, -0.15) is 0 Å². The maximum Gasteiger partial charge on any atom is 0.229 e. The Hall–Kier alpha value is -1.88. The fourth-order valence-electron chi connectivity index (χ4n) is 2.98. The zero-order valence-corrected chi connectivity index (χ0v) is 11.9. The van der Waals surface area contributed by atoms with Gasteiger partial charge in [0.05, 0.1) is 5.92 Å². The van der Waals surface area contributed by atoms with Crippen molar-refractivity contribution < 1.29 is 9.18 Å². The van der Waals surface area contributed by atoms with Gasteiger partial charge in [0.1, 0.15) is 5.82 Å². The molecule has 0 saturated carbocycles. The van der Waals surface area contributed by atoms with E-state index < -0.39 is 0 Å². The molecule has 1 amide bonds. The summed E-state index contributed by atoms with van der Waals surface area (Å²) in [5.41, 5.74) is 6.81. The van der Waals surface area contributed by atoms with E-state index in [1.165, 1.54) is 12.1 Å². The molecule has 2 N–H and O–H groups in total. The van der Waals surface area contributed by atoms with Gasteiger partial charge in [-0.3, -0.25) is 4.79 Å². The van der Waals surface area contributed by atoms with Crippen LogP contribution in [0.15, 0.2) is 36.4 Å². The van der Waals surface area contributed by atoms with Gasteiger partial charge in [0, 0.05) is 37.9 Å². The highest BCUT2D eigenvalue weighted by Gasteiger charge is 2.29. The fraction of sp³-hybridized carbons (Fsp3) is 0.438. The Morgan fingerprint density at radius 3 is 2.33 bits per heavy atom. The SMILES string of the molecule is NC1C=CC(C(=O)N2CCN(c3ccc(F)cc3)CC2)C1. The molecule has 1 aliphatic carbocycles. The smallest absolute Gasteiger partial charge is 0.229 e. The van der Waals surface area contributed by atoms with Gasteiger partial charge < -0.3 is 15.5 Å². The number of anilines is 1. The Morgan fingerprint density at radius 1 is 1.10 bits per heavy atom. The summed E-state index contributed by atoms with van der Waals surface area (Å²) in [6.07, 6.45) is 4.56. The van der Waals surface area contributed by atoms with Crippen LogP contribution in [-0.4, -0.2) is 43.0 Å². The topological polar surface area (TPSA) is 49.6 Å². The van der Waals surface area contributed by atoms with Crippen molar-refractivity contribution in [2.75, 3.05) is 31.1 Å². The molecule has 0 spiro atoms. The number of nitrogens with zero attached hydrogens (tertiary/aromatic N) is 2. The summed E-state index contributed by atoms with van der Waals surface area (Å²) in [5.74, 6) is -0.104. The van der Waals surface area contributed by atoms with Gasteiger partial charge in [-0.25, -0.2) is 4.39 Å². The maximum atomic E-state index is 12.9. The van der Waals surface area contributed by atoms with Gasteiger partial charge in [-0.05, 0) is 30.7 Å². The summed E-state index contributed by atoms with van der Waals surface area (Å²) >= 11 is 0. The lowest BCUT2D eigenvalue weighted by molar-refractivity contribution is -0.134. The molecule has 2 unspecified atom stereocenters. The zero-order chi connectivity index (χ0) is 14.8. The second-order valence-electron chi connectivity index (χ2n) is 5.68. The van der Waals surface area contributed by atoms with Crippen molar-refractivity contribution in [3.8, 4) is 0 Å². The normalized spacial score (nSPS) is 25.4. The van der Waals surface area contributed by atoms with Gasteiger partial charge in [0.25, 0.3) is 0 Å². The molecule has 1 fully saturated rings. The van der Waals surface area contributed by atoms with Gasteiger partial charge >= 0.3 is 0 Å². The van der Waals surface area contributed by atoms with Crippen molar-refractivity contribution in [2.45, 2.75) is 12.5 Å². The maximum absolute atomic E-state index is 12.9. The number of carbonyl (C=O) groups excluding carboxylic acids is 1. The van der Waals surface area contributed by atoms with Crippen molar-refractivity contribution in [1.29, 1.82) is 0 Å². The number of benzene rings is 1. The number of rotatable bonds is 2. The number of piperazine rings is 1. The number of hydrogen-bond donors (Lipinski definition) is 1. The number of carbonyl (C=O) groups is 1. The third-order valence-corrected chi connectivity index (χ3v) is 4.22. The predicted octanol–water partition coefficient (Wildman–Crippen LogP) is 1.38. The Labute approximate surface area is 124 Å². The molecule has 3 rings (SSSR count). The Kier molecular flexibility index (Phi) is 3.92. The standard InChI is InChI=1S/C16H20FN3O/c17-13-2-5-15(6-3-13)19-7-9-20(10-8-19)16(21)12-1-4-14(18)11-12/h1-6,12,14H,7-11,18H2. The molecule has 21 heavy (non-hydrogen) atoms. The minimum absolute atomic E-state index is 0.0134. The van der Waals surface area contributed by atoms with Crippen LogP contribution in [-0.2, 0) is 4.79 Å². The first-order chi connectivity index (χ1) is 10.1. The average Bonchev–Trinajstić information content (AvgIpc) is 2.94. The molecule has 0 bridgehead atoms. The second-order valence-corrected chi connectivity index (χ2v) is 5.68. The van der Waals surface area contributed by atoms with Crippen LogP contribution in [0.2, 0.25) is 0 Å². The van der Waals surface area contributed by atoms with Crippen LogP contribution in [0.5, 0.6) is 0 Å². The molecule has 1 aliphatic heterocycles. The van der Waals surface area contributed by atoms with E-state index in [9.17, 15) is 9.18 Å². The van der Waals surface area contributed by atoms with Gasteiger partial charge in [-0.1, -0.05) is 12.2 Å². The molecule has 112 valence electrons. The van der Waals surface area contributed by atoms with E-state index in [2.05, 4.69) is 4.90 Å². The van der Waals surface area contributed by atoms with Gasteiger partial charge in [-0.15, -0.1) is 0 Å². The summed E-state index contributed by atoms with van der Waals surface area (Å²) in [7, 11) is 0. The third kappa shape index (κ3) is 3.08. The molecule has 2 atom stereocenters. The van der Waals surface area contributed by atoms with E-state index in [1.54, 1.807) is 12.1 Å². The highest BCUT2D eigenvalue weighted by molar-refractivity contribution is 5.81. The van der Waals surface area contributed by atoms with Crippen molar-refractivity contribution in [3.05, 3.63) is 42.2 Å². The highest BCUT2D eigenvalue weighted by Crippen LogP contribution is 2.21. The predicted molar refractivity (Wildman–Crippen MR) is 80.4 cm³/mol. The molecule has 5 heteroatoms. The van der Waals surface area contributed by atoms with E-state index >= 15 is 0 Å². The number of nitrogens with two attached hydrogens (primary N) is 1. The molecule has 1 aromatic carbocycles. The van der Waals surface area contributed by atoms with Crippen LogP contribution in [0, 0.1) is 11.7 Å². The fourth-order valence-corrected chi connectivity index (χ4v) is 2.98. The van der Waals surface area contributed by atoms with E-state index in [0.717, 1.165) is 25.2 Å². The first kappa shape index (κ1) is 14.1. The number of amides is 1. The Bertz CT molecular complexity index is 535. The third-order valence-electron chi connectivity index (χ3n) is 4.22. The quantitative estimate of drug-likeness (QED) is 0.837. The lowest BCUT2D eigenvalue weighted by Gasteiger charge is -2.37. The van der Waals surface area contributed by atoms with Crippen LogP contribution in [0.25, 0.3) is 0 Å². The minimum atomic E-state index is -0.225. The molecular formula is C16H20FN3O. The average molecular weight is 289 g/mol. The van der Waals surface area contributed by atoms with E-state index in [4.69, 9.17) is 5.73 Å². The summed E-state index contributed by atoms with van der Waals surface area (Å²) in [6, 6.07) is 6.52. The van der Waals surface area contributed by atoms with Crippen LogP contribution >= 0.6 is 0 Å². The van der Waals surface area contributed by atoms with Crippen LogP contribution in [0.1, 0.15) is 6.42 Å². The largest absolute Gasteiger partial charge is 0.368 e. The summed E-state index contributed by atoms with van der Waals surface area (Å²) in [4.78, 5) is 16.5. The minimum Gasteiger partial charge on any atom is -0.368 e. The van der Waals surface area contributed by atoms with Crippen molar-refractivity contribution in [1.82, 2.24) is 4.90 Å². The highest BCUT2D eigenvalue weighted by atomic mass is 19.1. The van der Waals surface area contributed by atoms with Crippen LogP contribution in [0.4, 0.5) is 10.1 Å². The van der Waals surface area contributed by atoms with Crippen molar-refractivity contribution >= 4 is 11.6 Å². The molecule has 4 nitrogen and oxygen atoms in total. The van der Waals surface area contributed by atoms with Gasteiger partial charge in [0.2, 0.25) is 5.91 Å². The number of halogens is 1. The van der Waals surface area contributed by atoms with Gasteiger partial charge in [0.15, 0.2) is 0 Å². The van der Waals surface area contributed by atoms with E-state index in [1.807, 2.05) is 17.1 Å². The molecule has 2 aliphatic rings. The van der Waals surface area contributed by atoms with Crippen LogP contribution < -0.4 is 10.6 Å². The first-order valence-corrected chi connectivity index (χ1v) is 7.37. The lowest BCUT2D eigenvalue weighted by atomic mass is 10.1. The summed E-state index contributed by atoms with van der Waals surface area (Å²) in [6.45, 7) is 2.96. The molecular weight excluding hydrogens is 269 g/mol. The molecule has 1 aromatic rings.